The molecule has 0 bridgehead atoms. The first-order valence-corrected chi connectivity index (χ1v) is 11.9. The SMILES string of the molecule is C[C@@H]1CC(Oc2cccc(C(F)(F)F)c2F)CC[C@@]1(c1cccc(Nc2ccn[nH]2)n1)c1n[nH]c(=S)o1. The van der Waals surface area contributed by atoms with E-state index in [-0.39, 0.29) is 10.8 Å². The number of hydrogen-bond acceptors (Lipinski definition) is 7. The third kappa shape index (κ3) is 4.82. The number of pyridine rings is 1. The molecule has 0 spiro atoms. The summed E-state index contributed by atoms with van der Waals surface area (Å²) >= 11 is 5.12. The second-order valence-electron chi connectivity index (χ2n) is 8.92. The van der Waals surface area contributed by atoms with Crippen molar-refractivity contribution in [3.63, 3.8) is 0 Å². The lowest BCUT2D eigenvalue weighted by Crippen LogP contribution is -2.44. The van der Waals surface area contributed by atoms with Gasteiger partial charge in [-0.25, -0.2) is 14.5 Å². The lowest BCUT2D eigenvalue weighted by molar-refractivity contribution is -0.140. The zero-order valence-corrected chi connectivity index (χ0v) is 20.3. The van der Waals surface area contributed by atoms with Crippen molar-refractivity contribution in [1.29, 1.82) is 0 Å². The van der Waals surface area contributed by atoms with E-state index in [0.717, 1.165) is 6.07 Å². The van der Waals surface area contributed by atoms with Crippen molar-refractivity contribution in [3.05, 3.63) is 76.5 Å². The highest BCUT2D eigenvalue weighted by Gasteiger charge is 2.50. The van der Waals surface area contributed by atoms with Crippen LogP contribution in [-0.2, 0) is 11.6 Å². The molecular weight excluding hydrogens is 512 g/mol. The highest BCUT2D eigenvalue weighted by atomic mass is 32.1. The van der Waals surface area contributed by atoms with Gasteiger partial charge in [-0.05, 0) is 61.7 Å². The average Bonchev–Trinajstić information content (AvgIpc) is 3.52. The van der Waals surface area contributed by atoms with Gasteiger partial charge >= 0.3 is 6.18 Å². The molecule has 8 nitrogen and oxygen atoms in total. The van der Waals surface area contributed by atoms with E-state index in [0.29, 0.717) is 48.5 Å². The molecule has 194 valence electrons. The minimum atomic E-state index is -4.82. The van der Waals surface area contributed by atoms with Crippen LogP contribution in [0.3, 0.4) is 0 Å². The van der Waals surface area contributed by atoms with E-state index in [1.165, 1.54) is 6.07 Å². The highest BCUT2D eigenvalue weighted by molar-refractivity contribution is 7.71. The van der Waals surface area contributed by atoms with Crippen LogP contribution in [0.1, 0.15) is 43.3 Å². The molecule has 5 rings (SSSR count). The van der Waals surface area contributed by atoms with Gasteiger partial charge in [-0.3, -0.25) is 5.10 Å². The number of benzene rings is 1. The highest BCUT2D eigenvalue weighted by Crippen LogP contribution is 2.48. The molecule has 1 aliphatic carbocycles. The Morgan fingerprint density at radius 1 is 1.16 bits per heavy atom. The van der Waals surface area contributed by atoms with Gasteiger partial charge in [0.15, 0.2) is 11.6 Å². The smallest absolute Gasteiger partial charge is 0.419 e. The van der Waals surface area contributed by atoms with Crippen LogP contribution in [0.4, 0.5) is 29.2 Å². The van der Waals surface area contributed by atoms with Gasteiger partial charge in [-0.15, -0.1) is 5.10 Å². The predicted octanol–water partition coefficient (Wildman–Crippen LogP) is 6.31. The van der Waals surface area contributed by atoms with Crippen LogP contribution in [0.25, 0.3) is 0 Å². The molecule has 1 fully saturated rings. The Labute approximate surface area is 213 Å². The Morgan fingerprint density at radius 3 is 2.65 bits per heavy atom. The molecule has 4 aromatic rings. The van der Waals surface area contributed by atoms with Crippen molar-refractivity contribution in [2.45, 2.75) is 43.9 Å². The number of hydrogen-bond donors (Lipinski definition) is 3. The Balaban J connectivity index is 1.45. The number of rotatable bonds is 6. The summed E-state index contributed by atoms with van der Waals surface area (Å²) in [5.74, 6) is -0.495. The van der Waals surface area contributed by atoms with Crippen LogP contribution in [0.2, 0.25) is 0 Å². The number of halogens is 4. The Kier molecular flexibility index (Phi) is 6.48. The fourth-order valence-electron chi connectivity index (χ4n) is 4.90. The van der Waals surface area contributed by atoms with Crippen molar-refractivity contribution in [1.82, 2.24) is 25.4 Å². The van der Waals surface area contributed by atoms with Crippen molar-refractivity contribution in [3.8, 4) is 5.75 Å². The first-order valence-electron chi connectivity index (χ1n) is 11.5. The van der Waals surface area contributed by atoms with E-state index in [1.54, 1.807) is 18.3 Å². The van der Waals surface area contributed by atoms with Gasteiger partial charge in [0.05, 0.1) is 29.0 Å². The number of nitrogens with one attached hydrogen (secondary N) is 3. The number of aromatic nitrogens is 5. The van der Waals surface area contributed by atoms with E-state index in [4.69, 9.17) is 26.4 Å². The molecule has 37 heavy (non-hydrogen) atoms. The maximum absolute atomic E-state index is 14.6. The van der Waals surface area contributed by atoms with Gasteiger partial charge in [-0.2, -0.15) is 18.3 Å². The van der Waals surface area contributed by atoms with Crippen LogP contribution in [0, 0.1) is 16.6 Å². The molecule has 0 amide bonds. The number of ether oxygens (including phenoxy) is 1. The number of anilines is 2. The summed E-state index contributed by atoms with van der Waals surface area (Å²) < 4.78 is 65.6. The van der Waals surface area contributed by atoms with Crippen LogP contribution < -0.4 is 10.1 Å². The molecular formula is C24H22F4N6O2S. The number of H-pyrrole nitrogens is 2. The molecule has 3 atom stereocenters. The van der Waals surface area contributed by atoms with Crippen LogP contribution >= 0.6 is 12.2 Å². The largest absolute Gasteiger partial charge is 0.487 e. The second kappa shape index (κ2) is 9.61. The number of nitrogens with zero attached hydrogens (tertiary/aromatic N) is 3. The molecule has 1 unspecified atom stereocenters. The first-order chi connectivity index (χ1) is 17.7. The average molecular weight is 535 g/mol. The van der Waals surface area contributed by atoms with Gasteiger partial charge in [0, 0.05) is 6.07 Å². The lowest BCUT2D eigenvalue weighted by atomic mass is 9.64. The molecule has 1 aliphatic rings. The predicted molar refractivity (Wildman–Crippen MR) is 127 cm³/mol. The first kappa shape index (κ1) is 24.9. The molecule has 3 aromatic heterocycles. The monoisotopic (exact) mass is 534 g/mol. The molecule has 0 radical (unpaired) electrons. The topological polar surface area (TPSA) is 105 Å². The minimum Gasteiger partial charge on any atom is -0.487 e. The fourth-order valence-corrected chi connectivity index (χ4v) is 5.03. The quantitative estimate of drug-likeness (QED) is 0.197. The van der Waals surface area contributed by atoms with Crippen molar-refractivity contribution in [2.24, 2.45) is 5.92 Å². The standard InChI is InChI=1S/C24H22F4N6O2S/c1-13-12-14(35-16-5-2-4-15(20(16)25)24(26,27)28)8-10-23(13,21-33-34-22(37)36-21)17-6-3-7-18(30-17)31-19-9-11-29-32-19/h2-7,9,11,13-14H,8,10,12H2,1H3,(H,34,37)(H2,29,30,31,32)/t13-,14?,23-/m1/s1. The summed E-state index contributed by atoms with van der Waals surface area (Å²) in [6.07, 6.45) is -2.56. The Hall–Kier alpha value is -3.74. The fraction of sp³-hybridized carbons (Fsp3) is 0.333. The molecule has 0 saturated heterocycles. The van der Waals surface area contributed by atoms with Gasteiger partial charge in [-0.1, -0.05) is 19.1 Å². The second-order valence-corrected chi connectivity index (χ2v) is 9.29. The lowest BCUT2D eigenvalue weighted by Gasteiger charge is -2.42. The molecule has 3 heterocycles. The third-order valence-electron chi connectivity index (χ3n) is 6.67. The maximum atomic E-state index is 14.6. The van der Waals surface area contributed by atoms with Crippen LogP contribution in [-0.4, -0.2) is 31.5 Å². The summed E-state index contributed by atoms with van der Waals surface area (Å²) in [5.41, 5.74) is -1.51. The third-order valence-corrected chi connectivity index (χ3v) is 6.84. The molecule has 1 saturated carbocycles. The Bertz CT molecular complexity index is 1440. The van der Waals surface area contributed by atoms with Gasteiger partial charge < -0.3 is 14.5 Å². The zero-order chi connectivity index (χ0) is 26.2. The molecule has 13 heteroatoms. The minimum absolute atomic E-state index is 0.109. The Morgan fingerprint density at radius 2 is 1.97 bits per heavy atom. The van der Waals surface area contributed by atoms with Crippen molar-refractivity contribution < 1.29 is 26.7 Å². The molecule has 0 aliphatic heterocycles. The van der Waals surface area contributed by atoms with Gasteiger partial charge in [0.25, 0.3) is 4.84 Å². The molecule has 3 N–H and O–H groups in total. The number of aromatic amines is 2. The normalized spacial score (nSPS) is 22.1. The van der Waals surface area contributed by atoms with Gasteiger partial charge in [0.2, 0.25) is 5.89 Å². The zero-order valence-electron chi connectivity index (χ0n) is 19.5. The van der Waals surface area contributed by atoms with Crippen molar-refractivity contribution >= 4 is 23.9 Å². The van der Waals surface area contributed by atoms with Crippen molar-refractivity contribution in [2.75, 3.05) is 5.32 Å². The summed E-state index contributed by atoms with van der Waals surface area (Å²) in [6.45, 7) is 1.95. The summed E-state index contributed by atoms with van der Waals surface area (Å²) in [7, 11) is 0. The van der Waals surface area contributed by atoms with E-state index < -0.39 is 34.8 Å². The summed E-state index contributed by atoms with van der Waals surface area (Å²) in [5, 5.41) is 16.9. The van der Waals surface area contributed by atoms with E-state index in [2.05, 4.69) is 25.7 Å². The maximum Gasteiger partial charge on any atom is 0.419 e. The van der Waals surface area contributed by atoms with E-state index >= 15 is 0 Å². The van der Waals surface area contributed by atoms with E-state index in [1.807, 2.05) is 19.1 Å². The van der Waals surface area contributed by atoms with Gasteiger partial charge in [0.1, 0.15) is 11.6 Å². The van der Waals surface area contributed by atoms with E-state index in [9.17, 15) is 17.6 Å². The summed E-state index contributed by atoms with van der Waals surface area (Å²) in [4.78, 5) is 4.92. The van der Waals surface area contributed by atoms with Crippen LogP contribution in [0.15, 0.2) is 53.1 Å². The van der Waals surface area contributed by atoms with Crippen LogP contribution in [0.5, 0.6) is 5.75 Å². The number of alkyl halides is 3. The summed E-state index contributed by atoms with van der Waals surface area (Å²) in [6, 6.07) is 10.3. The molecule has 1 aromatic carbocycles.